The summed E-state index contributed by atoms with van der Waals surface area (Å²) >= 11 is 0. The van der Waals surface area contributed by atoms with Gasteiger partial charge in [0.2, 0.25) is 11.8 Å². The van der Waals surface area contributed by atoms with Crippen molar-refractivity contribution in [1.29, 1.82) is 0 Å². The van der Waals surface area contributed by atoms with E-state index < -0.39 is 0 Å². The molecule has 2 atom stereocenters. The lowest BCUT2D eigenvalue weighted by Gasteiger charge is -2.17. The van der Waals surface area contributed by atoms with Gasteiger partial charge in [0, 0.05) is 43.3 Å². The van der Waals surface area contributed by atoms with Crippen LogP contribution in [-0.4, -0.2) is 41.2 Å². The molecule has 0 aliphatic carbocycles. The molecule has 2 amide bonds. The van der Waals surface area contributed by atoms with Crippen molar-refractivity contribution in [2.24, 2.45) is 13.0 Å². The summed E-state index contributed by atoms with van der Waals surface area (Å²) in [5.74, 6) is -0.509. The van der Waals surface area contributed by atoms with Crippen molar-refractivity contribution >= 4 is 40.7 Å². The third-order valence-corrected chi connectivity index (χ3v) is 5.19. The van der Waals surface area contributed by atoms with Gasteiger partial charge in [-0.1, -0.05) is 36.4 Å². The Kier molecular flexibility index (Phi) is 6.51. The molecule has 0 spiro atoms. The number of aromatic nitrogens is 2. The third-order valence-electron chi connectivity index (χ3n) is 5.19. The lowest BCUT2D eigenvalue weighted by atomic mass is 9.90. The minimum Gasteiger partial charge on any atom is -0.347 e. The number of carbonyl (C=O) groups is 2. The Morgan fingerprint density at radius 1 is 1.17 bits per heavy atom. The fourth-order valence-electron chi connectivity index (χ4n) is 3.76. The largest absolute Gasteiger partial charge is 0.347 e. The summed E-state index contributed by atoms with van der Waals surface area (Å²) in [4.78, 5) is 25.0. The van der Waals surface area contributed by atoms with Crippen LogP contribution in [0.4, 0.5) is 5.69 Å². The van der Waals surface area contributed by atoms with Crippen LogP contribution in [0, 0.1) is 5.92 Å². The number of nitrogens with zero attached hydrogens (tertiary/aromatic N) is 2. The second-order valence-electron chi connectivity index (χ2n) is 7.11. The molecule has 0 bridgehead atoms. The van der Waals surface area contributed by atoms with E-state index in [9.17, 15) is 9.59 Å². The molecule has 3 aromatic rings. The molecular formula is C21H24ClN5O2. The number of halogens is 1. The number of amides is 2. The van der Waals surface area contributed by atoms with Gasteiger partial charge in [-0.05, 0) is 17.0 Å². The highest BCUT2D eigenvalue weighted by Gasteiger charge is 2.34. The van der Waals surface area contributed by atoms with Crippen LogP contribution in [0.3, 0.4) is 0 Å². The molecule has 0 unspecified atom stereocenters. The van der Waals surface area contributed by atoms with Crippen LogP contribution < -0.4 is 16.0 Å². The van der Waals surface area contributed by atoms with Crippen molar-refractivity contribution in [2.75, 3.05) is 25.0 Å². The highest BCUT2D eigenvalue weighted by molar-refractivity contribution is 6.03. The van der Waals surface area contributed by atoms with Gasteiger partial charge in [0.25, 0.3) is 0 Å². The third kappa shape index (κ3) is 4.58. The molecule has 1 fully saturated rings. The number of fused-ring (bicyclic) bond motifs is 1. The summed E-state index contributed by atoms with van der Waals surface area (Å²) in [5, 5.41) is 15.2. The van der Waals surface area contributed by atoms with E-state index in [1.165, 1.54) is 0 Å². The van der Waals surface area contributed by atoms with E-state index in [2.05, 4.69) is 21.0 Å². The number of nitrogens with one attached hydrogen (secondary N) is 3. The van der Waals surface area contributed by atoms with Gasteiger partial charge in [-0.15, -0.1) is 12.4 Å². The molecule has 0 radical (unpaired) electrons. The molecule has 29 heavy (non-hydrogen) atoms. The minimum absolute atomic E-state index is 0. The molecule has 1 aliphatic heterocycles. The van der Waals surface area contributed by atoms with Gasteiger partial charge in [-0.25, -0.2) is 0 Å². The van der Waals surface area contributed by atoms with Crippen molar-refractivity contribution in [3.05, 3.63) is 60.4 Å². The number of hydrogen-bond acceptors (Lipinski definition) is 4. The van der Waals surface area contributed by atoms with E-state index in [1.54, 1.807) is 10.9 Å². The summed E-state index contributed by atoms with van der Waals surface area (Å²) in [7, 11) is 1.86. The highest BCUT2D eigenvalue weighted by atomic mass is 35.5. The molecule has 0 saturated carbocycles. The van der Waals surface area contributed by atoms with E-state index in [0.29, 0.717) is 6.54 Å². The summed E-state index contributed by atoms with van der Waals surface area (Å²) in [6.07, 6.45) is 3.73. The predicted octanol–water partition coefficient (Wildman–Crippen LogP) is 2.05. The number of benzene rings is 2. The maximum absolute atomic E-state index is 12.6. The van der Waals surface area contributed by atoms with Crippen molar-refractivity contribution < 1.29 is 9.59 Å². The van der Waals surface area contributed by atoms with Crippen LogP contribution in [0.25, 0.3) is 10.8 Å². The first-order valence-electron chi connectivity index (χ1n) is 9.36. The van der Waals surface area contributed by atoms with Gasteiger partial charge in [0.1, 0.15) is 0 Å². The molecule has 1 saturated heterocycles. The minimum atomic E-state index is -0.242. The highest BCUT2D eigenvalue weighted by Crippen LogP contribution is 2.28. The topological polar surface area (TPSA) is 88.0 Å². The molecule has 3 N–H and O–H groups in total. The number of rotatable bonds is 5. The standard InChI is InChI=1S/C21H23N5O2.ClH/c1-26-13-15(9-24-26)17-10-22-11-18(17)21(28)23-12-20(27)25-19-8-4-6-14-5-2-3-7-16(14)19;/h2-9,13,17-18,22H,10-12H2,1H3,(H,23,28)(H,25,27);1H/t17-,18+;/m1./s1. The molecule has 2 aromatic carbocycles. The van der Waals surface area contributed by atoms with Crippen molar-refractivity contribution in [2.45, 2.75) is 5.92 Å². The lowest BCUT2D eigenvalue weighted by molar-refractivity contribution is -0.127. The van der Waals surface area contributed by atoms with Crippen LogP contribution in [0.5, 0.6) is 0 Å². The van der Waals surface area contributed by atoms with Crippen molar-refractivity contribution in [1.82, 2.24) is 20.4 Å². The fraction of sp³-hybridized carbons (Fsp3) is 0.286. The normalized spacial score (nSPS) is 18.2. The van der Waals surface area contributed by atoms with Gasteiger partial charge in [0.05, 0.1) is 18.7 Å². The van der Waals surface area contributed by atoms with Crippen LogP contribution in [0.15, 0.2) is 54.9 Å². The lowest BCUT2D eigenvalue weighted by Crippen LogP contribution is -2.39. The van der Waals surface area contributed by atoms with Crippen LogP contribution in [0.2, 0.25) is 0 Å². The van der Waals surface area contributed by atoms with E-state index >= 15 is 0 Å². The smallest absolute Gasteiger partial charge is 0.243 e. The molecule has 1 aromatic heterocycles. The van der Waals surface area contributed by atoms with Crippen LogP contribution in [0.1, 0.15) is 11.5 Å². The average Bonchev–Trinajstić information content (AvgIpc) is 3.35. The Morgan fingerprint density at radius 3 is 2.76 bits per heavy atom. The molecule has 7 nitrogen and oxygen atoms in total. The maximum atomic E-state index is 12.6. The second kappa shape index (κ2) is 9.07. The van der Waals surface area contributed by atoms with Gasteiger partial charge >= 0.3 is 0 Å². The van der Waals surface area contributed by atoms with E-state index in [0.717, 1.165) is 28.6 Å². The van der Waals surface area contributed by atoms with E-state index in [4.69, 9.17) is 0 Å². The molecule has 8 heteroatoms. The zero-order chi connectivity index (χ0) is 19.5. The Balaban J connectivity index is 0.00000240. The summed E-state index contributed by atoms with van der Waals surface area (Å²) < 4.78 is 1.74. The maximum Gasteiger partial charge on any atom is 0.243 e. The zero-order valence-corrected chi connectivity index (χ0v) is 16.9. The molecule has 1 aliphatic rings. The fourth-order valence-corrected chi connectivity index (χ4v) is 3.76. The monoisotopic (exact) mass is 413 g/mol. The van der Waals surface area contributed by atoms with Gasteiger partial charge < -0.3 is 16.0 Å². The van der Waals surface area contributed by atoms with Gasteiger partial charge in [0.15, 0.2) is 0 Å². The average molecular weight is 414 g/mol. The SMILES string of the molecule is Cl.Cn1cc([C@H]2CNC[C@@H]2C(=O)NCC(=O)Nc2cccc3ccccc23)cn1. The van der Waals surface area contributed by atoms with Crippen molar-refractivity contribution in [3.63, 3.8) is 0 Å². The number of aryl methyl sites for hydroxylation is 1. The Morgan fingerprint density at radius 2 is 1.97 bits per heavy atom. The Hall–Kier alpha value is -2.90. The summed E-state index contributed by atoms with van der Waals surface area (Å²) in [6.45, 7) is 1.26. The van der Waals surface area contributed by atoms with Crippen LogP contribution in [-0.2, 0) is 16.6 Å². The molecule has 4 rings (SSSR count). The quantitative estimate of drug-likeness (QED) is 0.597. The van der Waals surface area contributed by atoms with Gasteiger partial charge in [-0.3, -0.25) is 14.3 Å². The van der Waals surface area contributed by atoms with Gasteiger partial charge in [-0.2, -0.15) is 5.10 Å². The Labute approximate surface area is 175 Å². The second-order valence-corrected chi connectivity index (χ2v) is 7.11. The first-order chi connectivity index (χ1) is 13.6. The molecule has 2 heterocycles. The number of hydrogen-bond donors (Lipinski definition) is 3. The van der Waals surface area contributed by atoms with E-state index in [-0.39, 0.29) is 42.6 Å². The predicted molar refractivity (Wildman–Crippen MR) is 115 cm³/mol. The number of carbonyl (C=O) groups excluding carboxylic acids is 2. The Bertz CT molecular complexity index is 1010. The zero-order valence-electron chi connectivity index (χ0n) is 16.1. The van der Waals surface area contributed by atoms with E-state index in [1.807, 2.05) is 55.7 Å². The van der Waals surface area contributed by atoms with Crippen molar-refractivity contribution in [3.8, 4) is 0 Å². The summed E-state index contributed by atoms with van der Waals surface area (Å²) in [6, 6.07) is 13.6. The van der Waals surface area contributed by atoms with Crippen LogP contribution >= 0.6 is 12.4 Å². The number of anilines is 1. The molecular weight excluding hydrogens is 390 g/mol. The first-order valence-corrected chi connectivity index (χ1v) is 9.36. The first kappa shape index (κ1) is 20.8. The summed E-state index contributed by atoms with van der Waals surface area (Å²) in [5.41, 5.74) is 1.78. The molecule has 152 valence electrons.